The van der Waals surface area contributed by atoms with Gasteiger partial charge in [0.05, 0.1) is 27.3 Å². The van der Waals surface area contributed by atoms with Crippen LogP contribution in [-0.2, 0) is 9.53 Å². The number of halogens is 1. The number of ether oxygens (including phenoxy) is 1. The van der Waals surface area contributed by atoms with Gasteiger partial charge in [-0.3, -0.25) is 9.69 Å². The molecule has 28 heavy (non-hydrogen) atoms. The first-order valence-corrected chi connectivity index (χ1v) is 9.80. The Morgan fingerprint density at radius 2 is 2.21 bits per heavy atom. The zero-order valence-electron chi connectivity index (χ0n) is 16.0. The van der Waals surface area contributed by atoms with Gasteiger partial charge in [-0.05, 0) is 49.7 Å². The van der Waals surface area contributed by atoms with Crippen LogP contribution >= 0.6 is 15.9 Å². The number of nitrogens with one attached hydrogen (secondary N) is 3. The van der Waals surface area contributed by atoms with Crippen LogP contribution < -0.4 is 15.5 Å². The van der Waals surface area contributed by atoms with Crippen molar-refractivity contribution in [1.82, 2.24) is 15.3 Å². The molecule has 9 nitrogen and oxygen atoms in total. The van der Waals surface area contributed by atoms with Crippen molar-refractivity contribution in [3.05, 3.63) is 16.9 Å². The van der Waals surface area contributed by atoms with E-state index in [9.17, 15) is 9.59 Å². The molecule has 1 atom stereocenters. The lowest BCUT2D eigenvalue weighted by Gasteiger charge is -2.32. The van der Waals surface area contributed by atoms with Gasteiger partial charge in [0.15, 0.2) is 0 Å². The molecule has 1 aliphatic rings. The van der Waals surface area contributed by atoms with Crippen molar-refractivity contribution in [2.75, 3.05) is 29.9 Å². The summed E-state index contributed by atoms with van der Waals surface area (Å²) in [4.78, 5) is 33.8. The van der Waals surface area contributed by atoms with Gasteiger partial charge in [-0.15, -0.1) is 0 Å². The van der Waals surface area contributed by atoms with Gasteiger partial charge in [-0.25, -0.2) is 9.78 Å². The molecular formula is C18H24BrN5O4. The van der Waals surface area contributed by atoms with E-state index < -0.39 is 24.2 Å². The van der Waals surface area contributed by atoms with Crippen LogP contribution in [0.4, 0.5) is 16.2 Å². The highest BCUT2D eigenvalue weighted by molar-refractivity contribution is 9.10. The quantitative estimate of drug-likeness (QED) is 0.563. The monoisotopic (exact) mass is 453 g/mol. The maximum absolute atomic E-state index is 13.2. The molecular weight excluding hydrogens is 430 g/mol. The van der Waals surface area contributed by atoms with E-state index >= 15 is 0 Å². The Bertz CT molecular complexity index is 886. The number of aliphatic hydroxyl groups excluding tert-OH is 1. The molecule has 152 valence electrons. The lowest BCUT2D eigenvalue weighted by atomic mass is 10.1. The highest BCUT2D eigenvalue weighted by Crippen LogP contribution is 2.40. The summed E-state index contributed by atoms with van der Waals surface area (Å²) in [7, 11) is 0. The Morgan fingerprint density at radius 1 is 1.46 bits per heavy atom. The molecule has 0 spiro atoms. The van der Waals surface area contributed by atoms with Crippen molar-refractivity contribution in [3.63, 3.8) is 0 Å². The second-order valence-corrected chi connectivity index (χ2v) is 8.44. The third kappa shape index (κ3) is 4.29. The molecule has 0 aromatic carbocycles. The largest absolute Gasteiger partial charge is 0.443 e. The number of H-pyrrole nitrogens is 1. The van der Waals surface area contributed by atoms with Crippen LogP contribution in [-0.4, -0.2) is 58.4 Å². The lowest BCUT2D eigenvalue weighted by molar-refractivity contribution is -0.118. The normalized spacial score (nSPS) is 17.0. The second-order valence-electron chi connectivity index (χ2n) is 7.58. The smallest absolute Gasteiger partial charge is 0.415 e. The number of carbonyl (C=O) groups excluding carboxylic acids is 2. The molecule has 4 N–H and O–H groups in total. The maximum Gasteiger partial charge on any atom is 0.415 e. The minimum atomic E-state index is -0.661. The van der Waals surface area contributed by atoms with E-state index in [1.165, 1.54) is 0 Å². The van der Waals surface area contributed by atoms with E-state index in [4.69, 9.17) is 9.84 Å². The summed E-state index contributed by atoms with van der Waals surface area (Å²) in [6, 6.07) is -0.118. The predicted octanol–water partition coefficient (Wildman–Crippen LogP) is 2.36. The Hall–Kier alpha value is -2.17. The number of pyridine rings is 1. The standard InChI is InChI=1S/C18H24BrN5O4/c1-18(2,3)28-17(27)24(10-4-5-20-6-10)15-11(19)7-21-16-14(15)12(8-22-16)23-13(26)9-25/h7-8,10,20,25H,4-6,9H2,1-3H3,(H,21,22)(H,23,26)/t10-/m1/s1. The fourth-order valence-corrected chi connectivity index (χ4v) is 3.67. The van der Waals surface area contributed by atoms with Crippen molar-refractivity contribution >= 4 is 50.3 Å². The molecule has 1 saturated heterocycles. The number of fused-ring (bicyclic) bond motifs is 1. The number of rotatable bonds is 4. The van der Waals surface area contributed by atoms with Gasteiger partial charge >= 0.3 is 6.09 Å². The van der Waals surface area contributed by atoms with E-state index in [2.05, 4.69) is 36.5 Å². The summed E-state index contributed by atoms with van der Waals surface area (Å²) in [6.45, 7) is 6.21. The number of hydrogen-bond donors (Lipinski definition) is 4. The van der Waals surface area contributed by atoms with Crippen LogP contribution in [0.5, 0.6) is 0 Å². The molecule has 0 unspecified atom stereocenters. The second kappa shape index (κ2) is 8.06. The maximum atomic E-state index is 13.2. The van der Waals surface area contributed by atoms with Crippen LogP contribution in [0.1, 0.15) is 27.2 Å². The number of aliphatic hydroxyl groups is 1. The van der Waals surface area contributed by atoms with Crippen molar-refractivity contribution in [3.8, 4) is 0 Å². The summed E-state index contributed by atoms with van der Waals surface area (Å²) >= 11 is 3.51. The molecule has 0 radical (unpaired) electrons. The molecule has 0 aliphatic carbocycles. The highest BCUT2D eigenvalue weighted by atomic mass is 79.9. The molecule has 2 aromatic rings. The van der Waals surface area contributed by atoms with Gasteiger partial charge in [0.2, 0.25) is 5.91 Å². The van der Waals surface area contributed by atoms with Gasteiger partial charge in [0, 0.05) is 18.9 Å². The molecule has 1 aliphatic heterocycles. The Labute approximate surface area is 171 Å². The summed E-state index contributed by atoms with van der Waals surface area (Å²) in [5.41, 5.74) is 0.831. The Balaban J connectivity index is 2.15. The van der Waals surface area contributed by atoms with Crippen LogP contribution in [0.15, 0.2) is 16.9 Å². The first-order valence-electron chi connectivity index (χ1n) is 9.00. The fraction of sp³-hybridized carbons (Fsp3) is 0.500. The highest BCUT2D eigenvalue weighted by Gasteiger charge is 2.35. The third-order valence-electron chi connectivity index (χ3n) is 4.28. The topological polar surface area (TPSA) is 120 Å². The van der Waals surface area contributed by atoms with E-state index in [1.54, 1.807) is 17.3 Å². The third-order valence-corrected chi connectivity index (χ3v) is 4.86. The summed E-state index contributed by atoms with van der Waals surface area (Å²) in [5.74, 6) is -0.557. The van der Waals surface area contributed by atoms with Crippen molar-refractivity contribution in [1.29, 1.82) is 0 Å². The Morgan fingerprint density at radius 3 is 2.82 bits per heavy atom. The molecule has 0 bridgehead atoms. The first-order chi connectivity index (χ1) is 13.2. The number of carbonyl (C=O) groups is 2. The molecule has 2 aromatic heterocycles. The van der Waals surface area contributed by atoms with Crippen molar-refractivity contribution < 1.29 is 19.4 Å². The van der Waals surface area contributed by atoms with E-state index in [0.717, 1.165) is 13.0 Å². The van der Waals surface area contributed by atoms with Crippen molar-refractivity contribution in [2.24, 2.45) is 0 Å². The van der Waals surface area contributed by atoms with E-state index in [-0.39, 0.29) is 6.04 Å². The van der Waals surface area contributed by atoms with Gasteiger partial charge < -0.3 is 25.5 Å². The van der Waals surface area contributed by atoms with Gasteiger partial charge in [-0.1, -0.05) is 0 Å². The summed E-state index contributed by atoms with van der Waals surface area (Å²) in [5, 5.41) is 15.6. The van der Waals surface area contributed by atoms with Crippen LogP contribution in [0.25, 0.3) is 11.0 Å². The number of hydrogen-bond acceptors (Lipinski definition) is 6. The van der Waals surface area contributed by atoms with E-state index in [0.29, 0.717) is 33.4 Å². The zero-order valence-corrected chi connectivity index (χ0v) is 17.6. The van der Waals surface area contributed by atoms with Crippen LogP contribution in [0, 0.1) is 0 Å². The van der Waals surface area contributed by atoms with Gasteiger partial charge in [0.1, 0.15) is 17.9 Å². The molecule has 10 heteroatoms. The SMILES string of the molecule is CC(C)(C)OC(=O)N(c1c(Br)cnc2[nH]cc(NC(=O)CO)c12)[C@@H]1CCNC1. The zero-order chi connectivity index (χ0) is 20.5. The molecule has 3 heterocycles. The van der Waals surface area contributed by atoms with Gasteiger partial charge in [0.25, 0.3) is 0 Å². The Kier molecular flexibility index (Phi) is 5.92. The minimum Gasteiger partial charge on any atom is -0.443 e. The molecule has 0 saturated carbocycles. The number of aromatic nitrogens is 2. The van der Waals surface area contributed by atoms with Crippen molar-refractivity contribution in [2.45, 2.75) is 38.8 Å². The number of anilines is 2. The number of aromatic amines is 1. The van der Waals surface area contributed by atoms with Crippen LogP contribution in [0.3, 0.4) is 0 Å². The molecule has 3 rings (SSSR count). The number of nitrogens with zero attached hydrogens (tertiary/aromatic N) is 2. The number of amides is 2. The average molecular weight is 454 g/mol. The minimum absolute atomic E-state index is 0.118. The summed E-state index contributed by atoms with van der Waals surface area (Å²) < 4.78 is 6.26. The van der Waals surface area contributed by atoms with Crippen LogP contribution in [0.2, 0.25) is 0 Å². The van der Waals surface area contributed by atoms with Gasteiger partial charge in [-0.2, -0.15) is 0 Å². The first kappa shape index (κ1) is 20.6. The lowest BCUT2D eigenvalue weighted by Crippen LogP contribution is -2.45. The average Bonchev–Trinajstić information content (AvgIpc) is 3.26. The fourth-order valence-electron chi connectivity index (χ4n) is 3.17. The molecule has 2 amide bonds. The van der Waals surface area contributed by atoms with E-state index in [1.807, 2.05) is 20.8 Å². The summed E-state index contributed by atoms with van der Waals surface area (Å²) in [6.07, 6.45) is 3.47. The molecule has 1 fully saturated rings. The predicted molar refractivity (Wildman–Crippen MR) is 109 cm³/mol.